The van der Waals surface area contributed by atoms with Crippen LogP contribution in [0.2, 0.25) is 0 Å². The van der Waals surface area contributed by atoms with Crippen molar-refractivity contribution in [1.82, 2.24) is 10.2 Å². The Labute approximate surface area is 112 Å². The van der Waals surface area contributed by atoms with Crippen LogP contribution in [-0.2, 0) is 11.2 Å². The number of thiophene rings is 1. The van der Waals surface area contributed by atoms with Crippen LogP contribution in [0.4, 0.5) is 0 Å². The van der Waals surface area contributed by atoms with Crippen molar-refractivity contribution in [3.63, 3.8) is 0 Å². The van der Waals surface area contributed by atoms with E-state index in [4.69, 9.17) is 0 Å². The van der Waals surface area contributed by atoms with Crippen LogP contribution in [0.5, 0.6) is 0 Å². The largest absolute Gasteiger partial charge is 0.342 e. The Morgan fingerprint density at radius 2 is 2.33 bits per heavy atom. The minimum atomic E-state index is 0.236. The average molecular weight is 264 g/mol. The van der Waals surface area contributed by atoms with Crippen molar-refractivity contribution in [2.45, 2.75) is 44.2 Å². The van der Waals surface area contributed by atoms with Gasteiger partial charge in [-0.2, -0.15) is 0 Å². The highest BCUT2D eigenvalue weighted by atomic mass is 32.1. The highest BCUT2D eigenvalue weighted by Gasteiger charge is 2.30. The number of fused-ring (bicyclic) bond motifs is 1. The van der Waals surface area contributed by atoms with E-state index in [1.807, 2.05) is 23.3 Å². The first-order valence-electron chi connectivity index (χ1n) is 6.81. The predicted molar refractivity (Wildman–Crippen MR) is 73.8 cm³/mol. The summed E-state index contributed by atoms with van der Waals surface area (Å²) in [7, 11) is 1.93. The van der Waals surface area contributed by atoms with Gasteiger partial charge in [-0.1, -0.05) is 0 Å². The Balaban J connectivity index is 1.56. The lowest BCUT2D eigenvalue weighted by atomic mass is 9.94. The van der Waals surface area contributed by atoms with Gasteiger partial charge in [-0.15, -0.1) is 11.3 Å². The lowest BCUT2D eigenvalue weighted by Crippen LogP contribution is -2.38. The van der Waals surface area contributed by atoms with E-state index < -0.39 is 0 Å². The van der Waals surface area contributed by atoms with Gasteiger partial charge in [0.25, 0.3) is 0 Å². The van der Waals surface area contributed by atoms with E-state index in [1.54, 1.807) is 0 Å². The summed E-state index contributed by atoms with van der Waals surface area (Å²) < 4.78 is 0. The van der Waals surface area contributed by atoms with Gasteiger partial charge in [0.2, 0.25) is 5.91 Å². The minimum absolute atomic E-state index is 0.236. The van der Waals surface area contributed by atoms with E-state index in [1.165, 1.54) is 36.1 Å². The van der Waals surface area contributed by atoms with Crippen molar-refractivity contribution in [2.24, 2.45) is 0 Å². The van der Waals surface area contributed by atoms with Crippen LogP contribution in [0.3, 0.4) is 0 Å². The Bertz CT molecular complexity index is 439. The van der Waals surface area contributed by atoms with Gasteiger partial charge in [-0.25, -0.2) is 0 Å². The van der Waals surface area contributed by atoms with Gasteiger partial charge >= 0.3 is 0 Å². The summed E-state index contributed by atoms with van der Waals surface area (Å²) in [5.41, 5.74) is 1.42. The predicted octanol–water partition coefficient (Wildman–Crippen LogP) is 2.34. The molecule has 98 valence electrons. The minimum Gasteiger partial charge on any atom is -0.342 e. The fraction of sp³-hybridized carbons (Fsp3) is 0.643. The molecule has 2 aliphatic carbocycles. The molecule has 1 saturated carbocycles. The van der Waals surface area contributed by atoms with Crippen LogP contribution in [-0.4, -0.2) is 30.4 Å². The van der Waals surface area contributed by atoms with Gasteiger partial charge in [-0.3, -0.25) is 4.79 Å². The molecule has 0 aromatic carbocycles. The molecule has 1 fully saturated rings. The van der Waals surface area contributed by atoms with E-state index in [-0.39, 0.29) is 5.91 Å². The van der Waals surface area contributed by atoms with Crippen LogP contribution >= 0.6 is 11.3 Å². The van der Waals surface area contributed by atoms with Crippen LogP contribution in [0.15, 0.2) is 11.4 Å². The normalized spacial score (nSPS) is 22.6. The number of rotatable bonds is 4. The summed E-state index contributed by atoms with van der Waals surface area (Å²) in [5, 5.41) is 5.61. The van der Waals surface area contributed by atoms with E-state index in [2.05, 4.69) is 16.8 Å². The molecule has 1 aromatic heterocycles. The van der Waals surface area contributed by atoms with Gasteiger partial charge in [-0.05, 0) is 49.1 Å². The molecule has 1 heterocycles. The molecule has 2 aliphatic rings. The molecule has 1 aromatic rings. The van der Waals surface area contributed by atoms with Crippen molar-refractivity contribution in [3.8, 4) is 0 Å². The maximum atomic E-state index is 12.0. The third-order valence-corrected chi connectivity index (χ3v) is 5.04. The zero-order chi connectivity index (χ0) is 12.5. The number of aryl methyl sites for hydroxylation is 1. The van der Waals surface area contributed by atoms with Crippen LogP contribution < -0.4 is 5.32 Å². The van der Waals surface area contributed by atoms with Crippen molar-refractivity contribution in [2.75, 3.05) is 13.6 Å². The Hall–Kier alpha value is -0.870. The maximum absolute atomic E-state index is 12.0. The SMILES string of the molecule is CN(C(=O)CNC1CCCc2sccc21)C1CC1. The molecule has 1 unspecified atom stereocenters. The van der Waals surface area contributed by atoms with Crippen molar-refractivity contribution in [1.29, 1.82) is 0 Å². The Morgan fingerprint density at radius 1 is 1.50 bits per heavy atom. The third kappa shape index (κ3) is 2.45. The summed E-state index contributed by atoms with van der Waals surface area (Å²) in [4.78, 5) is 15.4. The van der Waals surface area contributed by atoms with Crippen LogP contribution in [0.1, 0.15) is 42.2 Å². The second-order valence-corrected chi connectivity index (χ2v) is 6.36. The van der Waals surface area contributed by atoms with Gasteiger partial charge < -0.3 is 10.2 Å². The Morgan fingerprint density at radius 3 is 3.11 bits per heavy atom. The zero-order valence-corrected chi connectivity index (χ0v) is 11.6. The lowest BCUT2D eigenvalue weighted by molar-refractivity contribution is -0.129. The second kappa shape index (κ2) is 5.02. The molecule has 0 radical (unpaired) electrons. The fourth-order valence-corrected chi connectivity index (χ4v) is 3.69. The molecule has 3 nitrogen and oxygen atoms in total. The van der Waals surface area contributed by atoms with Gasteiger partial charge in [0.05, 0.1) is 6.54 Å². The standard InChI is InChI=1S/C14H20N2OS/c1-16(10-5-6-10)14(17)9-15-12-3-2-4-13-11(12)7-8-18-13/h7-8,10,12,15H,2-6,9H2,1H3. The van der Waals surface area contributed by atoms with Crippen LogP contribution in [0, 0.1) is 0 Å². The first-order valence-corrected chi connectivity index (χ1v) is 7.69. The van der Waals surface area contributed by atoms with Gasteiger partial charge in [0.15, 0.2) is 0 Å². The molecular weight excluding hydrogens is 244 g/mol. The van der Waals surface area contributed by atoms with E-state index in [9.17, 15) is 4.79 Å². The summed E-state index contributed by atoms with van der Waals surface area (Å²) in [6.07, 6.45) is 5.96. The summed E-state index contributed by atoms with van der Waals surface area (Å²) in [6, 6.07) is 3.12. The summed E-state index contributed by atoms with van der Waals surface area (Å²) in [5.74, 6) is 0.236. The maximum Gasteiger partial charge on any atom is 0.236 e. The van der Waals surface area contributed by atoms with E-state index in [0.717, 1.165) is 6.42 Å². The fourth-order valence-electron chi connectivity index (χ4n) is 2.70. The molecule has 4 heteroatoms. The van der Waals surface area contributed by atoms with Crippen LogP contribution in [0.25, 0.3) is 0 Å². The van der Waals surface area contributed by atoms with Crippen molar-refractivity contribution < 1.29 is 4.79 Å². The molecule has 3 rings (SSSR count). The number of hydrogen-bond acceptors (Lipinski definition) is 3. The number of carbonyl (C=O) groups excluding carboxylic acids is 1. The summed E-state index contributed by atoms with van der Waals surface area (Å²) in [6.45, 7) is 0.479. The molecule has 0 bridgehead atoms. The summed E-state index contributed by atoms with van der Waals surface area (Å²) >= 11 is 1.85. The number of nitrogens with zero attached hydrogens (tertiary/aromatic N) is 1. The number of carbonyl (C=O) groups is 1. The molecule has 0 aliphatic heterocycles. The monoisotopic (exact) mass is 264 g/mol. The highest BCUT2D eigenvalue weighted by molar-refractivity contribution is 7.10. The molecule has 1 amide bonds. The van der Waals surface area contributed by atoms with Crippen molar-refractivity contribution in [3.05, 3.63) is 21.9 Å². The molecular formula is C14H20N2OS. The number of hydrogen-bond donors (Lipinski definition) is 1. The molecule has 18 heavy (non-hydrogen) atoms. The average Bonchev–Trinajstić information content (AvgIpc) is 3.12. The first kappa shape index (κ1) is 12.2. The second-order valence-electron chi connectivity index (χ2n) is 5.36. The third-order valence-electron chi connectivity index (χ3n) is 4.04. The number of nitrogens with one attached hydrogen (secondary N) is 1. The molecule has 0 spiro atoms. The molecule has 0 saturated heterocycles. The number of amides is 1. The smallest absolute Gasteiger partial charge is 0.236 e. The van der Waals surface area contributed by atoms with Gasteiger partial charge in [0, 0.05) is 24.0 Å². The van der Waals surface area contributed by atoms with Crippen molar-refractivity contribution >= 4 is 17.2 Å². The quantitative estimate of drug-likeness (QED) is 0.905. The first-order chi connectivity index (χ1) is 8.75. The van der Waals surface area contributed by atoms with E-state index in [0.29, 0.717) is 18.6 Å². The molecule has 1 atom stereocenters. The highest BCUT2D eigenvalue weighted by Crippen LogP contribution is 2.33. The number of likely N-dealkylation sites (N-methyl/N-ethyl adjacent to an activating group) is 1. The zero-order valence-electron chi connectivity index (χ0n) is 10.8. The molecule has 1 N–H and O–H groups in total. The Kier molecular flexibility index (Phi) is 3.39. The van der Waals surface area contributed by atoms with E-state index >= 15 is 0 Å². The van der Waals surface area contributed by atoms with Gasteiger partial charge in [0.1, 0.15) is 0 Å². The lowest BCUT2D eigenvalue weighted by Gasteiger charge is -2.25. The topological polar surface area (TPSA) is 32.3 Å².